The molecule has 1 amide bonds. The Bertz CT molecular complexity index is 299. The van der Waals surface area contributed by atoms with E-state index in [1.165, 1.54) is 12.8 Å². The lowest BCUT2D eigenvalue weighted by Crippen LogP contribution is -2.47. The van der Waals surface area contributed by atoms with Gasteiger partial charge in [-0.05, 0) is 71.4 Å². The van der Waals surface area contributed by atoms with Crippen LogP contribution in [0.3, 0.4) is 0 Å². The standard InChI is InChI=1S/C14H26N2O2/c1-14(2,3)18-13(17)16-12-5-4-11-9-15-7-6-10(11)8-12/h10-12,15H,4-9H2,1-3H3,(H,16,17)/t10-,11-,12+/m1/s1. The summed E-state index contributed by atoms with van der Waals surface area (Å²) in [6.45, 7) is 7.98. The van der Waals surface area contributed by atoms with Crippen molar-refractivity contribution in [3.63, 3.8) is 0 Å². The molecule has 0 aromatic carbocycles. The van der Waals surface area contributed by atoms with Gasteiger partial charge in [-0.25, -0.2) is 4.79 Å². The van der Waals surface area contributed by atoms with Crippen LogP contribution in [0.4, 0.5) is 4.79 Å². The number of rotatable bonds is 1. The van der Waals surface area contributed by atoms with Crippen molar-refractivity contribution >= 4 is 6.09 Å². The van der Waals surface area contributed by atoms with E-state index in [9.17, 15) is 4.79 Å². The summed E-state index contributed by atoms with van der Waals surface area (Å²) in [7, 11) is 0. The van der Waals surface area contributed by atoms with Crippen LogP contribution in [-0.4, -0.2) is 30.8 Å². The van der Waals surface area contributed by atoms with Crippen LogP contribution in [0.1, 0.15) is 46.5 Å². The van der Waals surface area contributed by atoms with Gasteiger partial charge in [-0.1, -0.05) is 0 Å². The Morgan fingerprint density at radius 2 is 2.00 bits per heavy atom. The molecule has 18 heavy (non-hydrogen) atoms. The lowest BCUT2D eigenvalue weighted by Gasteiger charge is -2.39. The van der Waals surface area contributed by atoms with Crippen LogP contribution in [0.25, 0.3) is 0 Å². The van der Waals surface area contributed by atoms with E-state index in [1.54, 1.807) is 0 Å². The molecule has 0 unspecified atom stereocenters. The first kappa shape index (κ1) is 13.7. The van der Waals surface area contributed by atoms with E-state index in [0.29, 0.717) is 6.04 Å². The summed E-state index contributed by atoms with van der Waals surface area (Å²) >= 11 is 0. The number of hydrogen-bond donors (Lipinski definition) is 2. The topological polar surface area (TPSA) is 50.4 Å². The molecule has 1 aliphatic carbocycles. The molecule has 104 valence electrons. The van der Waals surface area contributed by atoms with E-state index < -0.39 is 5.60 Å². The molecule has 2 fully saturated rings. The van der Waals surface area contributed by atoms with Crippen molar-refractivity contribution in [3.05, 3.63) is 0 Å². The summed E-state index contributed by atoms with van der Waals surface area (Å²) in [6, 6.07) is 0.305. The highest BCUT2D eigenvalue weighted by Crippen LogP contribution is 2.33. The van der Waals surface area contributed by atoms with Crippen LogP contribution in [0.5, 0.6) is 0 Å². The fourth-order valence-electron chi connectivity index (χ4n) is 3.13. The Hall–Kier alpha value is -0.770. The second-order valence-corrected chi connectivity index (χ2v) is 6.67. The molecule has 2 aliphatic rings. The number of fused-ring (bicyclic) bond motifs is 1. The monoisotopic (exact) mass is 254 g/mol. The zero-order valence-electron chi connectivity index (χ0n) is 11.8. The summed E-state index contributed by atoms with van der Waals surface area (Å²) in [5.41, 5.74) is -0.407. The highest BCUT2D eigenvalue weighted by molar-refractivity contribution is 5.68. The zero-order chi connectivity index (χ0) is 13.2. The van der Waals surface area contributed by atoms with Crippen molar-refractivity contribution in [1.82, 2.24) is 10.6 Å². The fraction of sp³-hybridized carbons (Fsp3) is 0.929. The van der Waals surface area contributed by atoms with Crippen molar-refractivity contribution in [3.8, 4) is 0 Å². The Labute approximate surface area is 110 Å². The Morgan fingerprint density at radius 1 is 1.22 bits per heavy atom. The molecule has 0 bridgehead atoms. The van der Waals surface area contributed by atoms with E-state index in [0.717, 1.165) is 37.8 Å². The minimum absolute atomic E-state index is 0.264. The molecule has 1 heterocycles. The van der Waals surface area contributed by atoms with E-state index in [2.05, 4.69) is 10.6 Å². The molecule has 1 aliphatic heterocycles. The van der Waals surface area contributed by atoms with Crippen LogP contribution in [0.2, 0.25) is 0 Å². The van der Waals surface area contributed by atoms with Gasteiger partial charge in [0.05, 0.1) is 0 Å². The van der Waals surface area contributed by atoms with E-state index in [-0.39, 0.29) is 6.09 Å². The number of amides is 1. The number of hydrogen-bond acceptors (Lipinski definition) is 3. The van der Waals surface area contributed by atoms with Crippen LogP contribution in [-0.2, 0) is 4.74 Å². The molecular formula is C14H26N2O2. The number of alkyl carbamates (subject to hydrolysis) is 1. The molecule has 0 radical (unpaired) electrons. The zero-order valence-corrected chi connectivity index (χ0v) is 11.8. The number of nitrogens with one attached hydrogen (secondary N) is 2. The Kier molecular flexibility index (Phi) is 4.15. The maximum absolute atomic E-state index is 11.7. The van der Waals surface area contributed by atoms with Gasteiger partial charge >= 0.3 is 6.09 Å². The first-order valence-corrected chi connectivity index (χ1v) is 7.14. The normalized spacial score (nSPS) is 32.5. The third kappa shape index (κ3) is 3.87. The molecule has 1 saturated heterocycles. The molecular weight excluding hydrogens is 228 g/mol. The van der Waals surface area contributed by atoms with E-state index in [1.807, 2.05) is 20.8 Å². The first-order chi connectivity index (χ1) is 8.44. The van der Waals surface area contributed by atoms with Gasteiger partial charge in [0.15, 0.2) is 0 Å². The van der Waals surface area contributed by atoms with Crippen molar-refractivity contribution < 1.29 is 9.53 Å². The molecule has 1 saturated carbocycles. The van der Waals surface area contributed by atoms with Crippen molar-refractivity contribution in [1.29, 1.82) is 0 Å². The molecule has 0 aromatic heterocycles. The lowest BCUT2D eigenvalue weighted by molar-refractivity contribution is 0.0462. The van der Waals surface area contributed by atoms with Crippen LogP contribution >= 0.6 is 0 Å². The van der Waals surface area contributed by atoms with Crippen molar-refractivity contribution in [2.75, 3.05) is 13.1 Å². The second kappa shape index (κ2) is 5.47. The van der Waals surface area contributed by atoms with Crippen molar-refractivity contribution in [2.24, 2.45) is 11.8 Å². The summed E-state index contributed by atoms with van der Waals surface area (Å²) < 4.78 is 5.31. The highest BCUT2D eigenvalue weighted by Gasteiger charge is 2.33. The molecule has 2 rings (SSSR count). The van der Waals surface area contributed by atoms with Gasteiger partial charge < -0.3 is 15.4 Å². The van der Waals surface area contributed by atoms with Crippen molar-refractivity contribution in [2.45, 2.75) is 58.1 Å². The third-order valence-corrected chi connectivity index (χ3v) is 3.96. The number of ether oxygens (including phenoxy) is 1. The van der Waals surface area contributed by atoms with Gasteiger partial charge in [0.25, 0.3) is 0 Å². The summed E-state index contributed by atoms with van der Waals surface area (Å²) in [6.07, 6.45) is 4.41. The van der Waals surface area contributed by atoms with Gasteiger partial charge in [-0.3, -0.25) is 0 Å². The predicted octanol–water partition coefficient (Wildman–Crippen LogP) is 2.29. The molecule has 2 N–H and O–H groups in total. The van der Waals surface area contributed by atoms with Gasteiger partial charge in [0.2, 0.25) is 0 Å². The smallest absolute Gasteiger partial charge is 0.407 e. The largest absolute Gasteiger partial charge is 0.444 e. The Balaban J connectivity index is 1.79. The lowest BCUT2D eigenvalue weighted by atomic mass is 9.74. The van der Waals surface area contributed by atoms with Gasteiger partial charge in [0, 0.05) is 6.04 Å². The first-order valence-electron chi connectivity index (χ1n) is 7.14. The predicted molar refractivity (Wildman–Crippen MR) is 71.5 cm³/mol. The Morgan fingerprint density at radius 3 is 2.72 bits per heavy atom. The highest BCUT2D eigenvalue weighted by atomic mass is 16.6. The summed E-state index contributed by atoms with van der Waals surface area (Å²) in [5, 5.41) is 6.49. The van der Waals surface area contributed by atoms with Crippen LogP contribution in [0, 0.1) is 11.8 Å². The number of carbonyl (C=O) groups excluding carboxylic acids is 1. The number of carbonyl (C=O) groups is 1. The van der Waals surface area contributed by atoms with Gasteiger partial charge in [-0.15, -0.1) is 0 Å². The fourth-order valence-corrected chi connectivity index (χ4v) is 3.13. The maximum atomic E-state index is 11.7. The quantitative estimate of drug-likeness (QED) is 0.755. The van der Waals surface area contributed by atoms with Crippen LogP contribution < -0.4 is 10.6 Å². The number of piperidine rings is 1. The SMILES string of the molecule is CC(C)(C)OC(=O)N[C@H]1CC[C@@H]2CNCC[C@@H]2C1. The summed E-state index contributed by atoms with van der Waals surface area (Å²) in [5.74, 6) is 1.59. The average Bonchev–Trinajstić information content (AvgIpc) is 2.26. The minimum Gasteiger partial charge on any atom is -0.444 e. The minimum atomic E-state index is -0.407. The maximum Gasteiger partial charge on any atom is 0.407 e. The second-order valence-electron chi connectivity index (χ2n) is 6.67. The summed E-state index contributed by atoms with van der Waals surface area (Å²) in [4.78, 5) is 11.7. The molecule has 0 aromatic rings. The molecule has 3 atom stereocenters. The van der Waals surface area contributed by atoms with Crippen LogP contribution in [0.15, 0.2) is 0 Å². The van der Waals surface area contributed by atoms with E-state index >= 15 is 0 Å². The molecule has 4 heteroatoms. The van der Waals surface area contributed by atoms with Gasteiger partial charge in [-0.2, -0.15) is 0 Å². The molecule has 4 nitrogen and oxygen atoms in total. The average molecular weight is 254 g/mol. The third-order valence-electron chi connectivity index (χ3n) is 3.96. The molecule has 0 spiro atoms. The van der Waals surface area contributed by atoms with Gasteiger partial charge in [0.1, 0.15) is 5.60 Å². The van der Waals surface area contributed by atoms with E-state index in [4.69, 9.17) is 4.74 Å².